The van der Waals surface area contributed by atoms with Gasteiger partial charge in [0.05, 0.1) is 22.7 Å². The minimum atomic E-state index is -0.320. The van der Waals surface area contributed by atoms with Gasteiger partial charge in [-0.25, -0.2) is 15.0 Å². The zero-order valence-electron chi connectivity index (χ0n) is 18.5. The number of carbonyl (C=O) groups excluding carboxylic acids is 1. The number of nitrogens with zero attached hydrogens (tertiary/aromatic N) is 3. The molecule has 11 heteroatoms. The fraction of sp³-hybridized carbons (Fsp3) is 0.545. The Bertz CT molecular complexity index is 981. The van der Waals surface area contributed by atoms with Crippen molar-refractivity contribution in [1.29, 1.82) is 0 Å². The standard InChI is InChI=1S/C22H28Cl2N6O3/c1-32-22(4-7-33-8-5-22)13-28-18-12-27-20(24)19(29-18)15-9-17(26-11-16(15)23)30-21(31)14-3-2-6-25-10-14/h9,11-12,14,25H,2-8,10,13H2,1H3,(H,28,29)(H,26,30,31)/t14-/m1/s1. The Kier molecular flexibility index (Phi) is 7.98. The molecule has 2 saturated heterocycles. The molecule has 0 aromatic carbocycles. The topological polar surface area (TPSA) is 110 Å². The normalized spacial score (nSPS) is 20.3. The minimum absolute atomic E-state index is 0.0723. The summed E-state index contributed by atoms with van der Waals surface area (Å²) in [7, 11) is 1.71. The van der Waals surface area contributed by atoms with Crippen molar-refractivity contribution in [2.45, 2.75) is 31.3 Å². The number of nitrogens with one attached hydrogen (secondary N) is 3. The number of piperidine rings is 1. The molecular weight excluding hydrogens is 467 g/mol. The third-order valence-electron chi connectivity index (χ3n) is 6.19. The van der Waals surface area contributed by atoms with Crippen molar-refractivity contribution >= 4 is 40.7 Å². The molecule has 2 aliphatic heterocycles. The Labute approximate surface area is 203 Å². The molecule has 9 nitrogen and oxygen atoms in total. The third kappa shape index (κ3) is 5.91. The lowest BCUT2D eigenvalue weighted by molar-refractivity contribution is -0.120. The quantitative estimate of drug-likeness (QED) is 0.536. The van der Waals surface area contributed by atoms with E-state index in [1.807, 2.05) is 0 Å². The molecule has 178 valence electrons. The first-order chi connectivity index (χ1) is 16.0. The zero-order chi connectivity index (χ0) is 23.3. The van der Waals surface area contributed by atoms with Gasteiger partial charge in [0.1, 0.15) is 17.3 Å². The van der Waals surface area contributed by atoms with Gasteiger partial charge in [-0.15, -0.1) is 0 Å². The van der Waals surface area contributed by atoms with E-state index in [9.17, 15) is 4.79 Å². The van der Waals surface area contributed by atoms with Crippen LogP contribution in [0.4, 0.5) is 11.6 Å². The smallest absolute Gasteiger partial charge is 0.229 e. The third-order valence-corrected chi connectivity index (χ3v) is 6.76. The van der Waals surface area contributed by atoms with Gasteiger partial charge in [0.15, 0.2) is 5.15 Å². The SMILES string of the molecule is COC1(CNc2cnc(Cl)c(-c3cc(NC(=O)[C@@H]4CCCNC4)ncc3Cl)n2)CCOCC1. The molecule has 0 unspecified atom stereocenters. The Morgan fingerprint density at radius 1 is 1.27 bits per heavy atom. The fourth-order valence-corrected chi connectivity index (χ4v) is 4.46. The number of rotatable bonds is 7. The second-order valence-corrected chi connectivity index (χ2v) is 9.09. The second kappa shape index (κ2) is 10.9. The van der Waals surface area contributed by atoms with E-state index in [1.165, 1.54) is 6.20 Å². The van der Waals surface area contributed by atoms with E-state index >= 15 is 0 Å². The molecule has 1 atom stereocenters. The monoisotopic (exact) mass is 494 g/mol. The van der Waals surface area contributed by atoms with E-state index in [2.05, 4.69) is 30.9 Å². The van der Waals surface area contributed by atoms with Gasteiger partial charge in [0.2, 0.25) is 5.91 Å². The summed E-state index contributed by atoms with van der Waals surface area (Å²) in [6, 6.07) is 1.67. The molecule has 1 amide bonds. The van der Waals surface area contributed by atoms with Crippen LogP contribution in [-0.4, -0.2) is 66.4 Å². The lowest BCUT2D eigenvalue weighted by Crippen LogP contribution is -2.44. The number of hydrogen-bond donors (Lipinski definition) is 3. The maximum absolute atomic E-state index is 12.6. The van der Waals surface area contributed by atoms with Crippen molar-refractivity contribution in [2.24, 2.45) is 5.92 Å². The lowest BCUT2D eigenvalue weighted by atomic mass is 9.94. The van der Waals surface area contributed by atoms with E-state index in [-0.39, 0.29) is 22.6 Å². The summed E-state index contributed by atoms with van der Waals surface area (Å²) in [6.07, 6.45) is 6.45. The second-order valence-electron chi connectivity index (χ2n) is 8.33. The van der Waals surface area contributed by atoms with Gasteiger partial charge < -0.3 is 25.4 Å². The highest BCUT2D eigenvalue weighted by molar-refractivity contribution is 6.35. The van der Waals surface area contributed by atoms with E-state index in [1.54, 1.807) is 19.4 Å². The number of anilines is 2. The summed E-state index contributed by atoms with van der Waals surface area (Å²) in [5.74, 6) is 0.775. The molecule has 2 aliphatic rings. The van der Waals surface area contributed by atoms with Crippen LogP contribution in [0.1, 0.15) is 25.7 Å². The predicted octanol–water partition coefficient (Wildman–Crippen LogP) is 3.39. The highest BCUT2D eigenvalue weighted by Crippen LogP contribution is 2.33. The summed E-state index contributed by atoms with van der Waals surface area (Å²) in [6.45, 7) is 3.47. The van der Waals surface area contributed by atoms with Crippen LogP contribution in [0.25, 0.3) is 11.3 Å². The lowest BCUT2D eigenvalue weighted by Gasteiger charge is -2.36. The van der Waals surface area contributed by atoms with Gasteiger partial charge in [0, 0.05) is 58.0 Å². The number of carbonyl (C=O) groups is 1. The average Bonchev–Trinajstić information content (AvgIpc) is 2.86. The summed E-state index contributed by atoms with van der Waals surface area (Å²) < 4.78 is 11.2. The van der Waals surface area contributed by atoms with Crippen LogP contribution in [0.2, 0.25) is 10.2 Å². The van der Waals surface area contributed by atoms with Gasteiger partial charge in [-0.1, -0.05) is 23.2 Å². The number of ether oxygens (including phenoxy) is 2. The van der Waals surface area contributed by atoms with Crippen LogP contribution in [0, 0.1) is 5.92 Å². The van der Waals surface area contributed by atoms with Crippen LogP contribution >= 0.6 is 23.2 Å². The van der Waals surface area contributed by atoms with E-state index in [0.717, 1.165) is 32.2 Å². The van der Waals surface area contributed by atoms with Crippen molar-refractivity contribution in [3.63, 3.8) is 0 Å². The Balaban J connectivity index is 1.51. The molecule has 0 aliphatic carbocycles. The largest absolute Gasteiger partial charge is 0.381 e. The Hall–Kier alpha value is -2.04. The number of halogens is 2. The molecule has 4 rings (SSSR count). The highest BCUT2D eigenvalue weighted by Gasteiger charge is 2.32. The summed E-state index contributed by atoms with van der Waals surface area (Å²) in [5.41, 5.74) is 0.624. The van der Waals surface area contributed by atoms with Crippen LogP contribution in [-0.2, 0) is 14.3 Å². The minimum Gasteiger partial charge on any atom is -0.381 e. The van der Waals surface area contributed by atoms with Crippen LogP contribution in [0.3, 0.4) is 0 Å². The molecule has 0 saturated carbocycles. The molecule has 33 heavy (non-hydrogen) atoms. The number of pyridine rings is 1. The van der Waals surface area contributed by atoms with Gasteiger partial charge in [0.25, 0.3) is 0 Å². The molecule has 2 aromatic rings. The number of methoxy groups -OCH3 is 1. The van der Waals surface area contributed by atoms with Crippen molar-refractivity contribution in [2.75, 3.05) is 50.6 Å². The van der Waals surface area contributed by atoms with Gasteiger partial charge in [-0.3, -0.25) is 4.79 Å². The van der Waals surface area contributed by atoms with Crippen LogP contribution < -0.4 is 16.0 Å². The van der Waals surface area contributed by atoms with Crippen LogP contribution in [0.5, 0.6) is 0 Å². The van der Waals surface area contributed by atoms with Gasteiger partial charge in [-0.2, -0.15) is 0 Å². The maximum Gasteiger partial charge on any atom is 0.229 e. The van der Waals surface area contributed by atoms with Gasteiger partial charge >= 0.3 is 0 Å². The van der Waals surface area contributed by atoms with Crippen molar-refractivity contribution in [3.05, 3.63) is 28.6 Å². The van der Waals surface area contributed by atoms with Crippen molar-refractivity contribution in [1.82, 2.24) is 20.3 Å². The molecule has 0 bridgehead atoms. The molecule has 3 N–H and O–H groups in total. The Morgan fingerprint density at radius 2 is 2.09 bits per heavy atom. The number of amides is 1. The highest BCUT2D eigenvalue weighted by atomic mass is 35.5. The zero-order valence-corrected chi connectivity index (χ0v) is 20.0. The molecule has 0 spiro atoms. The molecule has 4 heterocycles. The summed E-state index contributed by atoms with van der Waals surface area (Å²) in [4.78, 5) is 25.8. The summed E-state index contributed by atoms with van der Waals surface area (Å²) >= 11 is 12.8. The number of aromatic nitrogens is 3. The van der Waals surface area contributed by atoms with Crippen molar-refractivity contribution in [3.8, 4) is 11.3 Å². The molecule has 0 radical (unpaired) electrons. The molecule has 2 aromatic heterocycles. The number of hydrogen-bond acceptors (Lipinski definition) is 8. The predicted molar refractivity (Wildman–Crippen MR) is 128 cm³/mol. The first-order valence-electron chi connectivity index (χ1n) is 11.1. The first-order valence-corrected chi connectivity index (χ1v) is 11.8. The summed E-state index contributed by atoms with van der Waals surface area (Å²) in [5, 5.41) is 9.99. The average molecular weight is 495 g/mol. The first kappa shape index (κ1) is 24.1. The van der Waals surface area contributed by atoms with E-state index < -0.39 is 0 Å². The van der Waals surface area contributed by atoms with Gasteiger partial charge in [-0.05, 0) is 25.5 Å². The fourth-order valence-electron chi connectivity index (χ4n) is 4.07. The molecule has 2 fully saturated rings. The van der Waals surface area contributed by atoms with Crippen LogP contribution in [0.15, 0.2) is 18.5 Å². The molecular formula is C22H28Cl2N6O3. The van der Waals surface area contributed by atoms with E-state index in [0.29, 0.717) is 54.2 Å². The maximum atomic E-state index is 12.6. The van der Waals surface area contributed by atoms with E-state index in [4.69, 9.17) is 32.7 Å². The Morgan fingerprint density at radius 3 is 2.82 bits per heavy atom. The van der Waals surface area contributed by atoms with Crippen molar-refractivity contribution < 1.29 is 14.3 Å².